The summed E-state index contributed by atoms with van der Waals surface area (Å²) in [4.78, 5) is 7.30. The number of anilines is 1. The quantitative estimate of drug-likeness (QED) is 0.856. The average molecular weight is 275 g/mol. The Hall–Kier alpha value is -1.09. The van der Waals surface area contributed by atoms with E-state index in [0.717, 1.165) is 6.54 Å². The Morgan fingerprint density at radius 2 is 2.00 bits per heavy atom. The standard InChI is InChI=1S/C17H29N3/c1-13(2)12-20(15-8-5-6-9-15)17-16(14(3)18-4)10-7-11-19-17/h7,10-11,13-15,18H,5-6,8-9,12H2,1-4H3. The molecule has 112 valence electrons. The van der Waals surface area contributed by atoms with E-state index in [1.165, 1.54) is 37.1 Å². The van der Waals surface area contributed by atoms with Crippen molar-refractivity contribution in [3.05, 3.63) is 23.9 Å². The Morgan fingerprint density at radius 3 is 2.60 bits per heavy atom. The minimum absolute atomic E-state index is 0.342. The Labute approximate surface area is 123 Å². The minimum atomic E-state index is 0.342. The van der Waals surface area contributed by atoms with Gasteiger partial charge in [0.15, 0.2) is 0 Å². The molecule has 0 saturated heterocycles. The predicted octanol–water partition coefficient (Wildman–Crippen LogP) is 3.77. The van der Waals surface area contributed by atoms with Gasteiger partial charge >= 0.3 is 0 Å². The summed E-state index contributed by atoms with van der Waals surface area (Å²) >= 11 is 0. The van der Waals surface area contributed by atoms with Crippen molar-refractivity contribution in [2.24, 2.45) is 5.92 Å². The fraction of sp³-hybridized carbons (Fsp3) is 0.706. The number of hydrogen-bond donors (Lipinski definition) is 1. The second-order valence-corrected chi connectivity index (χ2v) is 6.41. The molecule has 1 aliphatic rings. The molecule has 0 amide bonds. The molecule has 1 aromatic heterocycles. The van der Waals surface area contributed by atoms with Crippen LogP contribution in [0.25, 0.3) is 0 Å². The monoisotopic (exact) mass is 275 g/mol. The molecule has 3 nitrogen and oxygen atoms in total. The van der Waals surface area contributed by atoms with Gasteiger partial charge in [0.2, 0.25) is 0 Å². The number of rotatable bonds is 6. The van der Waals surface area contributed by atoms with Crippen LogP contribution < -0.4 is 10.2 Å². The van der Waals surface area contributed by atoms with Crippen LogP contribution in [0.5, 0.6) is 0 Å². The lowest BCUT2D eigenvalue weighted by Crippen LogP contribution is -2.38. The first-order chi connectivity index (χ1) is 9.63. The normalized spacial score (nSPS) is 17.6. The zero-order chi connectivity index (χ0) is 14.5. The second kappa shape index (κ2) is 7.07. The van der Waals surface area contributed by atoms with Crippen LogP contribution in [-0.2, 0) is 0 Å². The van der Waals surface area contributed by atoms with E-state index in [9.17, 15) is 0 Å². The highest BCUT2D eigenvalue weighted by atomic mass is 15.2. The Morgan fingerprint density at radius 1 is 1.30 bits per heavy atom. The van der Waals surface area contributed by atoms with Crippen LogP contribution in [0.15, 0.2) is 18.3 Å². The van der Waals surface area contributed by atoms with Crippen LogP contribution in [0.1, 0.15) is 58.1 Å². The van der Waals surface area contributed by atoms with Crippen LogP contribution >= 0.6 is 0 Å². The molecule has 20 heavy (non-hydrogen) atoms. The van der Waals surface area contributed by atoms with Gasteiger partial charge in [0.1, 0.15) is 5.82 Å². The van der Waals surface area contributed by atoms with E-state index in [-0.39, 0.29) is 0 Å². The molecule has 1 N–H and O–H groups in total. The summed E-state index contributed by atoms with van der Waals surface area (Å²) in [6.07, 6.45) is 7.29. The third-order valence-electron chi connectivity index (χ3n) is 4.32. The number of hydrogen-bond acceptors (Lipinski definition) is 3. The molecule has 1 heterocycles. The summed E-state index contributed by atoms with van der Waals surface area (Å²) in [6, 6.07) is 5.28. The number of pyridine rings is 1. The van der Waals surface area contributed by atoms with Crippen LogP contribution in [0.4, 0.5) is 5.82 Å². The van der Waals surface area contributed by atoms with E-state index >= 15 is 0 Å². The Bertz CT molecular complexity index is 410. The van der Waals surface area contributed by atoms with Crippen molar-refractivity contribution in [3.63, 3.8) is 0 Å². The van der Waals surface area contributed by atoms with Crippen molar-refractivity contribution in [2.45, 2.75) is 58.5 Å². The van der Waals surface area contributed by atoms with Gasteiger partial charge in [-0.2, -0.15) is 0 Å². The highest BCUT2D eigenvalue weighted by Gasteiger charge is 2.26. The van der Waals surface area contributed by atoms with E-state index in [2.05, 4.69) is 43.1 Å². The van der Waals surface area contributed by atoms with Gasteiger partial charge in [-0.15, -0.1) is 0 Å². The molecule has 0 spiro atoms. The lowest BCUT2D eigenvalue weighted by atomic mass is 10.1. The summed E-state index contributed by atoms with van der Waals surface area (Å²) in [5.41, 5.74) is 1.32. The van der Waals surface area contributed by atoms with Crippen molar-refractivity contribution < 1.29 is 0 Å². The molecule has 0 bridgehead atoms. The van der Waals surface area contributed by atoms with Gasteiger partial charge in [-0.3, -0.25) is 0 Å². The third-order valence-corrected chi connectivity index (χ3v) is 4.32. The molecule has 2 rings (SSSR count). The van der Waals surface area contributed by atoms with Crippen molar-refractivity contribution in [1.29, 1.82) is 0 Å². The van der Waals surface area contributed by atoms with Crippen LogP contribution in [0.2, 0.25) is 0 Å². The van der Waals surface area contributed by atoms with Gasteiger partial charge in [0, 0.05) is 30.4 Å². The molecule has 0 aromatic carbocycles. The van der Waals surface area contributed by atoms with Gasteiger partial charge < -0.3 is 10.2 Å². The van der Waals surface area contributed by atoms with E-state index in [1.807, 2.05) is 13.2 Å². The molecule has 1 saturated carbocycles. The van der Waals surface area contributed by atoms with Crippen molar-refractivity contribution in [3.8, 4) is 0 Å². The molecule has 1 atom stereocenters. The van der Waals surface area contributed by atoms with E-state index in [4.69, 9.17) is 4.98 Å². The van der Waals surface area contributed by atoms with E-state index in [1.54, 1.807) is 0 Å². The maximum atomic E-state index is 4.73. The highest BCUT2D eigenvalue weighted by molar-refractivity contribution is 5.49. The van der Waals surface area contributed by atoms with Crippen LogP contribution in [0.3, 0.4) is 0 Å². The van der Waals surface area contributed by atoms with Gasteiger partial charge in [0.25, 0.3) is 0 Å². The minimum Gasteiger partial charge on any atom is -0.353 e. The Balaban J connectivity index is 2.32. The van der Waals surface area contributed by atoms with Gasteiger partial charge in [-0.1, -0.05) is 32.8 Å². The third kappa shape index (κ3) is 3.51. The maximum absolute atomic E-state index is 4.73. The second-order valence-electron chi connectivity index (χ2n) is 6.41. The number of nitrogens with one attached hydrogen (secondary N) is 1. The smallest absolute Gasteiger partial charge is 0.133 e. The highest BCUT2D eigenvalue weighted by Crippen LogP contribution is 2.31. The molecule has 0 radical (unpaired) electrons. The first-order valence-electron chi connectivity index (χ1n) is 8.02. The fourth-order valence-corrected chi connectivity index (χ4v) is 3.16. The molecular weight excluding hydrogens is 246 g/mol. The van der Waals surface area contributed by atoms with Crippen LogP contribution in [0, 0.1) is 5.92 Å². The van der Waals surface area contributed by atoms with Crippen molar-refractivity contribution in [2.75, 3.05) is 18.5 Å². The van der Waals surface area contributed by atoms with E-state index < -0.39 is 0 Å². The number of aromatic nitrogens is 1. The summed E-state index contributed by atoms with van der Waals surface area (Å²) < 4.78 is 0. The molecule has 1 aliphatic carbocycles. The van der Waals surface area contributed by atoms with Gasteiger partial charge in [-0.05, 0) is 38.8 Å². The zero-order valence-electron chi connectivity index (χ0n) is 13.4. The molecule has 0 aliphatic heterocycles. The fourth-order valence-electron chi connectivity index (χ4n) is 3.16. The topological polar surface area (TPSA) is 28.2 Å². The maximum Gasteiger partial charge on any atom is 0.133 e. The molecule has 3 heteroatoms. The van der Waals surface area contributed by atoms with Gasteiger partial charge in [0.05, 0.1) is 0 Å². The SMILES string of the molecule is CNC(C)c1cccnc1N(CC(C)C)C1CCCC1. The lowest BCUT2D eigenvalue weighted by molar-refractivity contribution is 0.525. The largest absolute Gasteiger partial charge is 0.353 e. The summed E-state index contributed by atoms with van der Waals surface area (Å²) in [7, 11) is 2.02. The number of nitrogens with zero attached hydrogens (tertiary/aromatic N) is 2. The van der Waals surface area contributed by atoms with Crippen LogP contribution in [-0.4, -0.2) is 24.6 Å². The summed E-state index contributed by atoms with van der Waals surface area (Å²) in [5.74, 6) is 1.85. The van der Waals surface area contributed by atoms with Crippen molar-refractivity contribution in [1.82, 2.24) is 10.3 Å². The summed E-state index contributed by atoms with van der Waals surface area (Å²) in [5, 5.41) is 3.35. The molecule has 1 fully saturated rings. The molecular formula is C17H29N3. The first kappa shape index (κ1) is 15.3. The molecule has 1 unspecified atom stereocenters. The van der Waals surface area contributed by atoms with Crippen molar-refractivity contribution >= 4 is 5.82 Å². The van der Waals surface area contributed by atoms with Gasteiger partial charge in [-0.25, -0.2) is 4.98 Å². The first-order valence-corrected chi connectivity index (χ1v) is 8.02. The Kier molecular flexibility index (Phi) is 5.41. The lowest BCUT2D eigenvalue weighted by Gasteiger charge is -2.34. The predicted molar refractivity (Wildman–Crippen MR) is 86.2 cm³/mol. The summed E-state index contributed by atoms with van der Waals surface area (Å²) in [6.45, 7) is 7.91. The zero-order valence-corrected chi connectivity index (χ0v) is 13.4. The average Bonchev–Trinajstić information content (AvgIpc) is 2.97. The van der Waals surface area contributed by atoms with E-state index in [0.29, 0.717) is 18.0 Å². The molecule has 1 aromatic rings.